The van der Waals surface area contributed by atoms with E-state index in [-0.39, 0.29) is 19.0 Å². The molecule has 0 bridgehead atoms. The summed E-state index contributed by atoms with van der Waals surface area (Å²) in [5, 5.41) is 16.2. The molecule has 7 nitrogen and oxygen atoms in total. The zero-order chi connectivity index (χ0) is 14.8. The molecule has 0 aliphatic carbocycles. The van der Waals surface area contributed by atoms with Crippen LogP contribution in [0.15, 0.2) is 0 Å². The van der Waals surface area contributed by atoms with Crippen LogP contribution >= 0.6 is 0 Å². The number of hydrogen-bond acceptors (Lipinski definition) is 3. The molecule has 19 heavy (non-hydrogen) atoms. The summed E-state index contributed by atoms with van der Waals surface area (Å²) < 4.78 is 0. The van der Waals surface area contributed by atoms with Gasteiger partial charge in [0.25, 0.3) is 0 Å². The maximum absolute atomic E-state index is 11.3. The number of carbonyl (C=O) groups excluding carboxylic acids is 2. The molecule has 0 saturated carbocycles. The minimum Gasteiger partial charge on any atom is -0.481 e. The van der Waals surface area contributed by atoms with Crippen LogP contribution in [0, 0.1) is 11.8 Å². The molecule has 1 unspecified atom stereocenters. The molecule has 3 amide bonds. The van der Waals surface area contributed by atoms with Crippen molar-refractivity contribution in [2.45, 2.75) is 27.2 Å². The molecule has 0 aliphatic heterocycles. The summed E-state index contributed by atoms with van der Waals surface area (Å²) in [5.74, 6) is -1.48. The minimum absolute atomic E-state index is 0.0469. The number of urea groups is 1. The van der Waals surface area contributed by atoms with Crippen LogP contribution in [0.4, 0.5) is 4.79 Å². The summed E-state index contributed by atoms with van der Waals surface area (Å²) in [7, 11) is 0. The zero-order valence-corrected chi connectivity index (χ0v) is 11.7. The predicted octanol–water partition coefficient (Wildman–Crippen LogP) is 0.169. The van der Waals surface area contributed by atoms with E-state index in [1.54, 1.807) is 6.92 Å². The second-order valence-electron chi connectivity index (χ2n) is 4.70. The van der Waals surface area contributed by atoms with Crippen molar-refractivity contribution in [3.05, 3.63) is 0 Å². The summed E-state index contributed by atoms with van der Waals surface area (Å²) in [6.07, 6.45) is 0.435. The Hall–Kier alpha value is -1.79. The monoisotopic (exact) mass is 273 g/mol. The van der Waals surface area contributed by atoms with Gasteiger partial charge in [0.1, 0.15) is 0 Å². The van der Waals surface area contributed by atoms with E-state index in [1.165, 1.54) is 0 Å². The Morgan fingerprint density at radius 2 is 1.68 bits per heavy atom. The van der Waals surface area contributed by atoms with Crippen LogP contribution in [-0.2, 0) is 9.59 Å². The lowest BCUT2D eigenvalue weighted by molar-refractivity contribution is -0.141. The van der Waals surface area contributed by atoms with E-state index in [0.29, 0.717) is 18.9 Å². The summed E-state index contributed by atoms with van der Waals surface area (Å²) in [5.41, 5.74) is 0. The molecule has 0 fully saturated rings. The molecule has 1 atom stereocenters. The zero-order valence-electron chi connectivity index (χ0n) is 11.7. The summed E-state index contributed by atoms with van der Waals surface area (Å²) in [4.78, 5) is 33.4. The molecule has 0 saturated heterocycles. The molecular weight excluding hydrogens is 250 g/mol. The van der Waals surface area contributed by atoms with E-state index in [2.05, 4.69) is 16.0 Å². The Bertz CT molecular complexity index is 318. The molecular formula is C12H23N3O4. The molecule has 0 heterocycles. The number of carboxylic acids is 1. The number of carbonyl (C=O) groups is 3. The van der Waals surface area contributed by atoms with Gasteiger partial charge in [-0.15, -0.1) is 0 Å². The lowest BCUT2D eigenvalue weighted by Gasteiger charge is -2.12. The Labute approximate surface area is 113 Å². The molecule has 0 rings (SSSR count). The largest absolute Gasteiger partial charge is 0.481 e. The summed E-state index contributed by atoms with van der Waals surface area (Å²) in [6, 6.07) is -0.542. The van der Waals surface area contributed by atoms with Crippen LogP contribution in [0.3, 0.4) is 0 Å². The van der Waals surface area contributed by atoms with Crippen molar-refractivity contribution in [1.29, 1.82) is 0 Å². The molecule has 4 N–H and O–H groups in total. The first kappa shape index (κ1) is 17.2. The van der Waals surface area contributed by atoms with Gasteiger partial charge in [-0.3, -0.25) is 9.59 Å². The van der Waals surface area contributed by atoms with Gasteiger partial charge in [-0.05, 0) is 12.3 Å². The van der Waals surface area contributed by atoms with Crippen molar-refractivity contribution < 1.29 is 19.5 Å². The van der Waals surface area contributed by atoms with Crippen LogP contribution in [0.1, 0.15) is 27.2 Å². The third-order valence-electron chi connectivity index (χ3n) is 2.47. The van der Waals surface area contributed by atoms with Gasteiger partial charge in [0.15, 0.2) is 0 Å². The maximum atomic E-state index is 11.3. The molecule has 0 aromatic heterocycles. The van der Waals surface area contributed by atoms with E-state index in [1.807, 2.05) is 13.8 Å². The molecule has 7 heteroatoms. The quantitative estimate of drug-likeness (QED) is 0.505. The molecule has 0 radical (unpaired) electrons. The van der Waals surface area contributed by atoms with Crippen LogP contribution < -0.4 is 16.0 Å². The van der Waals surface area contributed by atoms with Crippen molar-refractivity contribution in [1.82, 2.24) is 16.0 Å². The fourth-order valence-corrected chi connectivity index (χ4v) is 1.23. The standard InChI is InChI=1S/C12H23N3O4/c1-4-9(11(17)18)6-14-12(19)15-7-10(16)13-5-8(2)3/h8-9H,4-7H2,1-3H3,(H,13,16)(H,17,18)(H2,14,15,19). The van der Waals surface area contributed by atoms with E-state index in [9.17, 15) is 14.4 Å². The predicted molar refractivity (Wildman–Crippen MR) is 70.7 cm³/mol. The Morgan fingerprint density at radius 1 is 1.05 bits per heavy atom. The molecule has 0 aliphatic rings. The minimum atomic E-state index is -0.947. The van der Waals surface area contributed by atoms with Crippen molar-refractivity contribution in [2.24, 2.45) is 11.8 Å². The highest BCUT2D eigenvalue weighted by molar-refractivity contribution is 5.84. The van der Waals surface area contributed by atoms with Crippen LogP contribution in [-0.4, -0.2) is 42.6 Å². The fraction of sp³-hybridized carbons (Fsp3) is 0.750. The summed E-state index contributed by atoms with van der Waals surface area (Å²) in [6.45, 7) is 6.15. The van der Waals surface area contributed by atoms with Gasteiger partial charge in [0.05, 0.1) is 12.5 Å². The second-order valence-corrected chi connectivity index (χ2v) is 4.70. The van der Waals surface area contributed by atoms with Crippen LogP contribution in [0.5, 0.6) is 0 Å². The van der Waals surface area contributed by atoms with Gasteiger partial charge in [-0.1, -0.05) is 20.8 Å². The van der Waals surface area contributed by atoms with Gasteiger partial charge in [-0.25, -0.2) is 4.79 Å². The Kier molecular flexibility index (Phi) is 8.32. The van der Waals surface area contributed by atoms with E-state index in [4.69, 9.17) is 5.11 Å². The average molecular weight is 273 g/mol. The van der Waals surface area contributed by atoms with Crippen LogP contribution in [0.2, 0.25) is 0 Å². The lowest BCUT2D eigenvalue weighted by Crippen LogP contribution is -2.44. The highest BCUT2D eigenvalue weighted by Gasteiger charge is 2.15. The van der Waals surface area contributed by atoms with Crippen molar-refractivity contribution in [3.8, 4) is 0 Å². The van der Waals surface area contributed by atoms with Gasteiger partial charge < -0.3 is 21.1 Å². The fourth-order valence-electron chi connectivity index (χ4n) is 1.23. The highest BCUT2D eigenvalue weighted by atomic mass is 16.4. The molecule has 0 aromatic rings. The molecule has 0 aromatic carbocycles. The second kappa shape index (κ2) is 9.18. The number of nitrogens with one attached hydrogen (secondary N) is 3. The smallest absolute Gasteiger partial charge is 0.315 e. The lowest BCUT2D eigenvalue weighted by atomic mass is 10.1. The van der Waals surface area contributed by atoms with Crippen molar-refractivity contribution in [3.63, 3.8) is 0 Å². The van der Waals surface area contributed by atoms with E-state index >= 15 is 0 Å². The third kappa shape index (κ3) is 8.87. The number of amides is 3. The summed E-state index contributed by atoms with van der Waals surface area (Å²) >= 11 is 0. The highest BCUT2D eigenvalue weighted by Crippen LogP contribution is 1.99. The number of rotatable bonds is 8. The number of aliphatic carboxylic acids is 1. The number of carboxylic acid groups (broad SMARTS) is 1. The third-order valence-corrected chi connectivity index (χ3v) is 2.47. The van der Waals surface area contributed by atoms with Gasteiger partial charge >= 0.3 is 12.0 Å². The average Bonchev–Trinajstić information content (AvgIpc) is 2.34. The first-order chi connectivity index (χ1) is 8.86. The normalized spacial score (nSPS) is 11.8. The Morgan fingerprint density at radius 3 is 2.16 bits per heavy atom. The van der Waals surface area contributed by atoms with E-state index in [0.717, 1.165) is 0 Å². The first-order valence-corrected chi connectivity index (χ1v) is 6.38. The van der Waals surface area contributed by atoms with Crippen molar-refractivity contribution >= 4 is 17.9 Å². The van der Waals surface area contributed by atoms with E-state index < -0.39 is 17.9 Å². The van der Waals surface area contributed by atoms with Gasteiger partial charge in [-0.2, -0.15) is 0 Å². The Balaban J connectivity index is 3.81. The SMILES string of the molecule is CCC(CNC(=O)NCC(=O)NCC(C)C)C(=O)O. The van der Waals surface area contributed by atoms with Crippen LogP contribution in [0.25, 0.3) is 0 Å². The number of hydrogen-bond donors (Lipinski definition) is 4. The molecule has 110 valence electrons. The van der Waals surface area contributed by atoms with Gasteiger partial charge in [0.2, 0.25) is 5.91 Å². The maximum Gasteiger partial charge on any atom is 0.315 e. The van der Waals surface area contributed by atoms with Gasteiger partial charge in [0, 0.05) is 13.1 Å². The first-order valence-electron chi connectivity index (χ1n) is 6.38. The van der Waals surface area contributed by atoms with Crippen molar-refractivity contribution in [2.75, 3.05) is 19.6 Å². The molecule has 0 spiro atoms. The topological polar surface area (TPSA) is 108 Å².